The van der Waals surface area contributed by atoms with Gasteiger partial charge in [-0.25, -0.2) is 0 Å². The van der Waals surface area contributed by atoms with E-state index in [9.17, 15) is 0 Å². The molecule has 0 aliphatic heterocycles. The van der Waals surface area contributed by atoms with Crippen LogP contribution in [0.3, 0.4) is 0 Å². The van der Waals surface area contributed by atoms with E-state index in [0.717, 1.165) is 12.1 Å². The Morgan fingerprint density at radius 1 is 1.71 bits per heavy atom. The van der Waals surface area contributed by atoms with Crippen LogP contribution in [-0.4, -0.2) is 21.5 Å². The molecule has 0 bridgehead atoms. The van der Waals surface area contributed by atoms with Gasteiger partial charge in [-0.1, -0.05) is 0 Å². The van der Waals surface area contributed by atoms with Gasteiger partial charge in [0.05, 0.1) is 18.8 Å². The van der Waals surface area contributed by atoms with Crippen LogP contribution in [-0.2, 0) is 6.54 Å². The van der Waals surface area contributed by atoms with Crippen molar-refractivity contribution in [2.24, 2.45) is 5.73 Å². The highest BCUT2D eigenvalue weighted by Gasteiger charge is 2.31. The Hall–Kier alpha value is -0.870. The van der Waals surface area contributed by atoms with Crippen LogP contribution in [0.15, 0.2) is 6.20 Å². The molecule has 1 atom stereocenters. The summed E-state index contributed by atoms with van der Waals surface area (Å²) >= 11 is 0. The fraction of sp³-hybridized carbons (Fsp3) is 0.700. The molecule has 1 unspecified atom stereocenters. The van der Waals surface area contributed by atoms with E-state index in [2.05, 4.69) is 12.0 Å². The van der Waals surface area contributed by atoms with Crippen molar-refractivity contribution in [1.29, 1.82) is 0 Å². The van der Waals surface area contributed by atoms with Gasteiger partial charge in [-0.2, -0.15) is 5.10 Å². The van der Waals surface area contributed by atoms with Crippen molar-refractivity contribution in [1.82, 2.24) is 9.78 Å². The number of aryl methyl sites for hydroxylation is 1. The third kappa shape index (κ3) is 1.55. The van der Waals surface area contributed by atoms with Crippen LogP contribution >= 0.6 is 0 Å². The molecule has 0 radical (unpaired) electrons. The molecular formula is C10H17N3O. The lowest BCUT2D eigenvalue weighted by Crippen LogP contribution is -2.16. The zero-order valence-corrected chi connectivity index (χ0v) is 8.48. The van der Waals surface area contributed by atoms with E-state index >= 15 is 0 Å². The van der Waals surface area contributed by atoms with Gasteiger partial charge in [0.2, 0.25) is 0 Å². The normalized spacial score (nSPS) is 18.5. The molecule has 1 aromatic heterocycles. The van der Waals surface area contributed by atoms with Crippen LogP contribution in [0.25, 0.3) is 0 Å². The molecule has 0 saturated heterocycles. The molecule has 1 fully saturated rings. The predicted octanol–water partition coefficient (Wildman–Crippen LogP) is 0.773. The second-order valence-corrected chi connectivity index (χ2v) is 3.86. The molecule has 1 saturated carbocycles. The molecule has 4 nitrogen and oxygen atoms in total. The smallest absolute Gasteiger partial charge is 0.0625 e. The fourth-order valence-electron chi connectivity index (χ4n) is 1.85. The topological polar surface area (TPSA) is 64.1 Å². The van der Waals surface area contributed by atoms with Gasteiger partial charge >= 0.3 is 0 Å². The first-order chi connectivity index (χ1) is 6.77. The average molecular weight is 195 g/mol. The second-order valence-electron chi connectivity index (χ2n) is 3.86. The SMILES string of the molecule is CCn1ncc(C(N)CO)c1C1CC1. The van der Waals surface area contributed by atoms with Gasteiger partial charge in [-0.05, 0) is 19.8 Å². The quantitative estimate of drug-likeness (QED) is 0.746. The maximum Gasteiger partial charge on any atom is 0.0625 e. The summed E-state index contributed by atoms with van der Waals surface area (Å²) in [4.78, 5) is 0. The standard InChI is InChI=1S/C10H17N3O/c1-2-13-10(7-3-4-7)8(5-12-13)9(11)6-14/h5,7,9,14H,2-4,6,11H2,1H3. The summed E-state index contributed by atoms with van der Waals surface area (Å²) < 4.78 is 2.00. The van der Waals surface area contributed by atoms with Crippen molar-refractivity contribution in [3.05, 3.63) is 17.5 Å². The van der Waals surface area contributed by atoms with E-state index in [-0.39, 0.29) is 12.6 Å². The maximum absolute atomic E-state index is 9.03. The highest BCUT2D eigenvalue weighted by Crippen LogP contribution is 2.42. The van der Waals surface area contributed by atoms with Crippen LogP contribution in [0.2, 0.25) is 0 Å². The van der Waals surface area contributed by atoms with Crippen LogP contribution in [0, 0.1) is 0 Å². The van der Waals surface area contributed by atoms with E-state index in [4.69, 9.17) is 10.8 Å². The Morgan fingerprint density at radius 2 is 2.43 bits per heavy atom. The zero-order chi connectivity index (χ0) is 10.1. The molecule has 0 amide bonds. The van der Waals surface area contributed by atoms with Gasteiger partial charge in [-0.3, -0.25) is 4.68 Å². The number of hydrogen-bond donors (Lipinski definition) is 2. The van der Waals surface area contributed by atoms with Crippen LogP contribution in [0.4, 0.5) is 0 Å². The molecule has 0 spiro atoms. The lowest BCUT2D eigenvalue weighted by Gasteiger charge is -2.10. The van der Waals surface area contributed by atoms with E-state index in [0.29, 0.717) is 5.92 Å². The molecule has 2 rings (SSSR count). The molecule has 78 valence electrons. The van der Waals surface area contributed by atoms with Gasteiger partial charge in [0.1, 0.15) is 0 Å². The van der Waals surface area contributed by atoms with Crippen LogP contribution in [0.5, 0.6) is 0 Å². The van der Waals surface area contributed by atoms with Gasteiger partial charge < -0.3 is 10.8 Å². The Bertz CT molecular complexity index is 317. The number of hydrogen-bond acceptors (Lipinski definition) is 3. The van der Waals surface area contributed by atoms with Crippen molar-refractivity contribution in [3.8, 4) is 0 Å². The fourth-order valence-corrected chi connectivity index (χ4v) is 1.85. The maximum atomic E-state index is 9.03. The third-order valence-corrected chi connectivity index (χ3v) is 2.77. The minimum Gasteiger partial charge on any atom is -0.394 e. The molecule has 1 aromatic rings. The molecule has 0 aromatic carbocycles. The van der Waals surface area contributed by atoms with Gasteiger partial charge in [-0.15, -0.1) is 0 Å². The molecule has 1 aliphatic carbocycles. The van der Waals surface area contributed by atoms with Crippen molar-refractivity contribution in [2.75, 3.05) is 6.61 Å². The molecule has 3 N–H and O–H groups in total. The van der Waals surface area contributed by atoms with Gasteiger partial charge in [0.25, 0.3) is 0 Å². The first-order valence-corrected chi connectivity index (χ1v) is 5.20. The number of nitrogens with zero attached hydrogens (tertiary/aromatic N) is 2. The number of nitrogens with two attached hydrogens (primary N) is 1. The zero-order valence-electron chi connectivity index (χ0n) is 8.48. The first-order valence-electron chi connectivity index (χ1n) is 5.20. The van der Waals surface area contributed by atoms with Gasteiger partial charge in [0, 0.05) is 23.7 Å². The summed E-state index contributed by atoms with van der Waals surface area (Å²) in [5.74, 6) is 0.630. The first kappa shape index (κ1) is 9.68. The predicted molar refractivity (Wildman–Crippen MR) is 53.9 cm³/mol. The Morgan fingerprint density at radius 3 is 2.93 bits per heavy atom. The highest BCUT2D eigenvalue weighted by atomic mass is 16.3. The third-order valence-electron chi connectivity index (χ3n) is 2.77. The summed E-state index contributed by atoms with van der Waals surface area (Å²) in [5, 5.41) is 13.3. The average Bonchev–Trinajstić information content (AvgIpc) is 2.96. The summed E-state index contributed by atoms with van der Waals surface area (Å²) in [5.41, 5.74) is 8.09. The largest absolute Gasteiger partial charge is 0.394 e. The number of aliphatic hydroxyl groups is 1. The van der Waals surface area contributed by atoms with Crippen molar-refractivity contribution in [2.45, 2.75) is 38.3 Å². The second kappa shape index (κ2) is 3.71. The summed E-state index contributed by atoms with van der Waals surface area (Å²) in [6.45, 7) is 2.95. The van der Waals surface area contributed by atoms with Crippen molar-refractivity contribution >= 4 is 0 Å². The van der Waals surface area contributed by atoms with Crippen molar-refractivity contribution < 1.29 is 5.11 Å². The molecule has 1 heterocycles. The van der Waals surface area contributed by atoms with E-state index in [1.807, 2.05) is 4.68 Å². The summed E-state index contributed by atoms with van der Waals surface area (Å²) in [6, 6.07) is -0.272. The number of aromatic nitrogens is 2. The highest BCUT2D eigenvalue weighted by molar-refractivity contribution is 5.28. The monoisotopic (exact) mass is 195 g/mol. The van der Waals surface area contributed by atoms with E-state index in [1.54, 1.807) is 6.20 Å². The lowest BCUT2D eigenvalue weighted by atomic mass is 10.1. The van der Waals surface area contributed by atoms with E-state index < -0.39 is 0 Å². The van der Waals surface area contributed by atoms with Crippen molar-refractivity contribution in [3.63, 3.8) is 0 Å². The summed E-state index contributed by atoms with van der Waals surface area (Å²) in [7, 11) is 0. The molecule has 4 heteroatoms. The van der Waals surface area contributed by atoms with Gasteiger partial charge in [0.15, 0.2) is 0 Å². The van der Waals surface area contributed by atoms with E-state index in [1.165, 1.54) is 18.5 Å². The molecule has 1 aliphatic rings. The molecule has 14 heavy (non-hydrogen) atoms. The Labute approximate surface area is 83.7 Å². The van der Waals surface area contributed by atoms with Crippen LogP contribution < -0.4 is 5.73 Å². The Kier molecular flexibility index (Phi) is 2.56. The van der Waals surface area contributed by atoms with Crippen LogP contribution in [0.1, 0.15) is 43.0 Å². The molecular weight excluding hydrogens is 178 g/mol. The number of rotatable bonds is 4. The summed E-state index contributed by atoms with van der Waals surface area (Å²) in [6.07, 6.45) is 4.27. The number of aliphatic hydroxyl groups excluding tert-OH is 1. The lowest BCUT2D eigenvalue weighted by molar-refractivity contribution is 0.267. The minimum absolute atomic E-state index is 0.00483. The Balaban J connectivity index is 2.33. The minimum atomic E-state index is -0.272.